The van der Waals surface area contributed by atoms with Gasteiger partial charge in [-0.1, -0.05) is 72.5 Å². The van der Waals surface area contributed by atoms with Crippen LogP contribution in [0, 0.1) is 0 Å². The predicted molar refractivity (Wildman–Crippen MR) is 140 cm³/mol. The Hall–Kier alpha value is -3.18. The quantitative estimate of drug-likeness (QED) is 0.254. The molecule has 0 saturated carbocycles. The minimum Gasteiger partial charge on any atom is -0.490 e. The summed E-state index contributed by atoms with van der Waals surface area (Å²) in [5.74, 6) is 1.18. The van der Waals surface area contributed by atoms with Crippen molar-refractivity contribution in [3.8, 4) is 11.5 Å². The standard InChI is InChI=1S/C25H22N2O5S3/c26-35(29,30)21-12-10-18(11-13-21)17-27-24(28)23(34-25(27)33)16-19-6-4-5-9-22(19)32-15-14-31-20-7-2-1-3-8-20/h1-13,16H,14-15,17H2,(H2,26,29,30)/b23-16-. The Balaban J connectivity index is 1.41. The molecule has 10 heteroatoms. The number of nitrogens with two attached hydrogens (primary N) is 1. The average Bonchev–Trinajstić information content (AvgIpc) is 3.10. The highest BCUT2D eigenvalue weighted by Crippen LogP contribution is 2.35. The lowest BCUT2D eigenvalue weighted by Gasteiger charge is -2.14. The molecule has 0 aliphatic carbocycles. The fourth-order valence-electron chi connectivity index (χ4n) is 3.30. The second kappa shape index (κ2) is 11.0. The van der Waals surface area contributed by atoms with Crippen molar-refractivity contribution in [2.24, 2.45) is 5.14 Å². The largest absolute Gasteiger partial charge is 0.490 e. The molecule has 0 bridgehead atoms. The molecule has 1 aliphatic heterocycles. The number of ether oxygens (including phenoxy) is 2. The van der Waals surface area contributed by atoms with Gasteiger partial charge in [0.15, 0.2) is 0 Å². The fourth-order valence-corrected chi connectivity index (χ4v) is 5.07. The summed E-state index contributed by atoms with van der Waals surface area (Å²) in [6.45, 7) is 0.946. The Morgan fingerprint density at radius 2 is 1.57 bits per heavy atom. The molecule has 1 heterocycles. The van der Waals surface area contributed by atoms with Crippen LogP contribution < -0.4 is 14.6 Å². The molecular formula is C25H22N2O5S3. The van der Waals surface area contributed by atoms with Crippen LogP contribution in [0.4, 0.5) is 0 Å². The number of carbonyl (C=O) groups excluding carboxylic acids is 1. The van der Waals surface area contributed by atoms with Gasteiger partial charge >= 0.3 is 0 Å². The number of rotatable bonds is 9. The van der Waals surface area contributed by atoms with Gasteiger partial charge < -0.3 is 9.47 Å². The summed E-state index contributed by atoms with van der Waals surface area (Å²) in [5.41, 5.74) is 1.49. The molecular weight excluding hydrogens is 504 g/mol. The zero-order valence-corrected chi connectivity index (χ0v) is 20.9. The smallest absolute Gasteiger partial charge is 0.266 e. The number of thiocarbonyl (C=S) groups is 1. The molecule has 35 heavy (non-hydrogen) atoms. The number of hydrogen-bond donors (Lipinski definition) is 1. The lowest BCUT2D eigenvalue weighted by atomic mass is 10.1. The maximum absolute atomic E-state index is 13.1. The van der Waals surface area contributed by atoms with Gasteiger partial charge in [0.2, 0.25) is 10.0 Å². The Morgan fingerprint density at radius 1 is 0.914 bits per heavy atom. The Labute approximate surface area is 213 Å². The van der Waals surface area contributed by atoms with Crippen LogP contribution in [0.1, 0.15) is 11.1 Å². The first-order valence-electron chi connectivity index (χ1n) is 10.6. The maximum atomic E-state index is 13.1. The Kier molecular flexibility index (Phi) is 7.86. The Bertz CT molecular complexity index is 1360. The van der Waals surface area contributed by atoms with Gasteiger partial charge in [-0.2, -0.15) is 0 Å². The van der Waals surface area contributed by atoms with Crippen LogP contribution in [0.15, 0.2) is 88.7 Å². The molecule has 0 unspecified atom stereocenters. The van der Waals surface area contributed by atoms with Crippen molar-refractivity contribution >= 4 is 50.3 Å². The van der Waals surface area contributed by atoms with Crippen molar-refractivity contribution in [1.82, 2.24) is 4.90 Å². The molecule has 1 saturated heterocycles. The summed E-state index contributed by atoms with van der Waals surface area (Å²) in [6, 6.07) is 23.0. The van der Waals surface area contributed by atoms with Crippen LogP contribution in [0.3, 0.4) is 0 Å². The van der Waals surface area contributed by atoms with E-state index < -0.39 is 10.0 Å². The van der Waals surface area contributed by atoms with Crippen molar-refractivity contribution in [2.75, 3.05) is 13.2 Å². The van der Waals surface area contributed by atoms with Crippen molar-refractivity contribution < 1.29 is 22.7 Å². The third-order valence-electron chi connectivity index (χ3n) is 5.02. The third-order valence-corrected chi connectivity index (χ3v) is 7.33. The first-order valence-corrected chi connectivity index (χ1v) is 13.4. The van der Waals surface area contributed by atoms with Gasteiger partial charge in [0.1, 0.15) is 29.0 Å². The number of thioether (sulfide) groups is 1. The number of primary sulfonamides is 1. The monoisotopic (exact) mass is 526 g/mol. The number of amides is 1. The van der Waals surface area contributed by atoms with Gasteiger partial charge in [0.25, 0.3) is 5.91 Å². The van der Waals surface area contributed by atoms with Gasteiger partial charge in [-0.15, -0.1) is 0 Å². The summed E-state index contributed by atoms with van der Waals surface area (Å²) < 4.78 is 34.9. The van der Waals surface area contributed by atoms with Crippen LogP contribution in [0.2, 0.25) is 0 Å². The lowest BCUT2D eigenvalue weighted by molar-refractivity contribution is -0.122. The van der Waals surface area contributed by atoms with E-state index in [1.807, 2.05) is 54.6 Å². The zero-order chi connectivity index (χ0) is 24.8. The van der Waals surface area contributed by atoms with Crippen LogP contribution in [0.5, 0.6) is 11.5 Å². The number of hydrogen-bond acceptors (Lipinski definition) is 7. The summed E-state index contributed by atoms with van der Waals surface area (Å²) in [7, 11) is -3.78. The highest BCUT2D eigenvalue weighted by Gasteiger charge is 2.32. The second-order valence-corrected chi connectivity index (χ2v) is 10.7. The van der Waals surface area contributed by atoms with E-state index in [2.05, 4.69) is 0 Å². The summed E-state index contributed by atoms with van der Waals surface area (Å²) in [4.78, 5) is 15.0. The van der Waals surface area contributed by atoms with Crippen molar-refractivity contribution in [3.05, 3.63) is 94.9 Å². The van der Waals surface area contributed by atoms with Crippen molar-refractivity contribution in [1.29, 1.82) is 0 Å². The van der Waals surface area contributed by atoms with Crippen LogP contribution in [-0.4, -0.2) is 36.8 Å². The number of carbonyl (C=O) groups is 1. The minimum absolute atomic E-state index is 0.0114. The summed E-state index contributed by atoms with van der Waals surface area (Å²) >= 11 is 6.63. The summed E-state index contributed by atoms with van der Waals surface area (Å²) in [5, 5.41) is 5.14. The first-order chi connectivity index (χ1) is 16.8. The van der Waals surface area contributed by atoms with E-state index in [1.165, 1.54) is 28.8 Å². The van der Waals surface area contributed by atoms with E-state index in [1.54, 1.807) is 18.2 Å². The first kappa shape index (κ1) is 24.9. The van der Waals surface area contributed by atoms with Gasteiger partial charge in [0, 0.05) is 5.56 Å². The van der Waals surface area contributed by atoms with Crippen LogP contribution in [-0.2, 0) is 21.4 Å². The average molecular weight is 527 g/mol. The molecule has 4 rings (SSSR count). The van der Waals surface area contributed by atoms with E-state index in [0.717, 1.165) is 16.9 Å². The zero-order valence-electron chi connectivity index (χ0n) is 18.5. The van der Waals surface area contributed by atoms with Crippen molar-refractivity contribution in [2.45, 2.75) is 11.4 Å². The lowest BCUT2D eigenvalue weighted by Crippen LogP contribution is -2.27. The van der Waals surface area contributed by atoms with E-state index in [0.29, 0.717) is 28.2 Å². The molecule has 0 spiro atoms. The molecule has 1 amide bonds. The highest BCUT2D eigenvalue weighted by molar-refractivity contribution is 8.26. The second-order valence-electron chi connectivity index (χ2n) is 7.50. The third kappa shape index (κ3) is 6.49. The molecule has 0 aromatic heterocycles. The molecule has 2 N–H and O–H groups in total. The Morgan fingerprint density at radius 3 is 2.29 bits per heavy atom. The van der Waals surface area contributed by atoms with Crippen LogP contribution in [0.25, 0.3) is 6.08 Å². The van der Waals surface area contributed by atoms with Gasteiger partial charge in [-0.25, -0.2) is 13.6 Å². The highest BCUT2D eigenvalue weighted by atomic mass is 32.2. The van der Waals surface area contributed by atoms with E-state index >= 15 is 0 Å². The van der Waals surface area contributed by atoms with Gasteiger partial charge in [0.05, 0.1) is 16.3 Å². The molecule has 0 atom stereocenters. The molecule has 1 aliphatic rings. The SMILES string of the molecule is NS(=O)(=O)c1ccc(CN2C(=O)/C(=C/c3ccccc3OCCOc3ccccc3)SC2=S)cc1. The normalized spacial score (nSPS) is 15.0. The van der Waals surface area contributed by atoms with E-state index in [9.17, 15) is 13.2 Å². The van der Waals surface area contributed by atoms with Crippen molar-refractivity contribution in [3.63, 3.8) is 0 Å². The topological polar surface area (TPSA) is 98.9 Å². The molecule has 7 nitrogen and oxygen atoms in total. The van der Waals surface area contributed by atoms with E-state index in [4.69, 9.17) is 26.8 Å². The maximum Gasteiger partial charge on any atom is 0.266 e. The molecule has 1 fully saturated rings. The van der Waals surface area contributed by atoms with Gasteiger partial charge in [-0.3, -0.25) is 9.69 Å². The molecule has 180 valence electrons. The molecule has 3 aromatic carbocycles. The fraction of sp³-hybridized carbons (Fsp3) is 0.120. The summed E-state index contributed by atoms with van der Waals surface area (Å²) in [6.07, 6.45) is 1.76. The molecule has 3 aromatic rings. The predicted octanol–water partition coefficient (Wildman–Crippen LogP) is 4.19. The van der Waals surface area contributed by atoms with E-state index in [-0.39, 0.29) is 17.3 Å². The minimum atomic E-state index is -3.78. The van der Waals surface area contributed by atoms with Crippen LogP contribution >= 0.6 is 24.0 Å². The number of sulfonamides is 1. The number of nitrogens with zero attached hydrogens (tertiary/aromatic N) is 1. The molecule has 0 radical (unpaired) electrons. The number of benzene rings is 3. The van der Waals surface area contributed by atoms with Gasteiger partial charge in [-0.05, 0) is 42.0 Å². The number of para-hydroxylation sites is 2.